The predicted octanol–water partition coefficient (Wildman–Crippen LogP) is 0.939. The molecule has 1 aliphatic rings. The second-order valence-electron chi connectivity index (χ2n) is 4.89. The fraction of sp³-hybridized carbons (Fsp3) is 0.500. The van der Waals surface area contributed by atoms with E-state index in [4.69, 9.17) is 4.74 Å². The molecule has 122 valence electrons. The molecule has 2 rings (SSSR count). The Balaban J connectivity index is 1.70. The standard InChI is InChI=1S/C14H20N2O4S2/c1-20-12-4-2-5-13(10-12)21-11-14(17)15-6-8-16-7-3-9-22(16,18)19/h2,4-5,10H,3,6-9,11H2,1H3,(H,15,17). The van der Waals surface area contributed by atoms with Gasteiger partial charge in [-0.15, -0.1) is 11.8 Å². The van der Waals surface area contributed by atoms with Crippen LogP contribution in [0.2, 0.25) is 0 Å². The number of ether oxygens (including phenoxy) is 1. The number of hydrogen-bond donors (Lipinski definition) is 1. The Morgan fingerprint density at radius 3 is 2.95 bits per heavy atom. The number of carbonyl (C=O) groups is 1. The summed E-state index contributed by atoms with van der Waals surface area (Å²) in [5.41, 5.74) is 0. The Hall–Kier alpha value is -1.25. The van der Waals surface area contributed by atoms with Gasteiger partial charge in [-0.2, -0.15) is 0 Å². The number of methoxy groups -OCH3 is 1. The molecule has 1 amide bonds. The summed E-state index contributed by atoms with van der Waals surface area (Å²) < 4.78 is 29.8. The number of thioether (sulfide) groups is 1. The SMILES string of the molecule is COc1cccc(SCC(=O)NCCN2CCCS2(=O)=O)c1. The van der Waals surface area contributed by atoms with Crippen molar-refractivity contribution in [2.24, 2.45) is 0 Å². The molecule has 6 nitrogen and oxygen atoms in total. The first kappa shape index (κ1) is 17.1. The minimum atomic E-state index is -3.09. The van der Waals surface area contributed by atoms with Crippen LogP contribution in [-0.4, -0.2) is 56.9 Å². The molecule has 1 heterocycles. The van der Waals surface area contributed by atoms with E-state index in [0.717, 1.165) is 10.6 Å². The van der Waals surface area contributed by atoms with Gasteiger partial charge < -0.3 is 10.1 Å². The largest absolute Gasteiger partial charge is 0.497 e. The van der Waals surface area contributed by atoms with Crippen LogP contribution >= 0.6 is 11.8 Å². The van der Waals surface area contributed by atoms with Gasteiger partial charge in [-0.3, -0.25) is 4.79 Å². The van der Waals surface area contributed by atoms with E-state index in [9.17, 15) is 13.2 Å². The quantitative estimate of drug-likeness (QED) is 0.745. The van der Waals surface area contributed by atoms with Crippen LogP contribution in [0.25, 0.3) is 0 Å². The van der Waals surface area contributed by atoms with Gasteiger partial charge in [0.2, 0.25) is 15.9 Å². The van der Waals surface area contributed by atoms with E-state index < -0.39 is 10.0 Å². The number of amides is 1. The molecule has 22 heavy (non-hydrogen) atoms. The molecule has 0 aromatic heterocycles. The van der Waals surface area contributed by atoms with E-state index in [-0.39, 0.29) is 11.7 Å². The lowest BCUT2D eigenvalue weighted by Gasteiger charge is -2.14. The third-order valence-corrected chi connectivity index (χ3v) is 6.25. The minimum Gasteiger partial charge on any atom is -0.497 e. The first-order valence-electron chi connectivity index (χ1n) is 7.02. The molecule has 0 saturated carbocycles. The van der Waals surface area contributed by atoms with Crippen LogP contribution in [0.4, 0.5) is 0 Å². The third-order valence-electron chi connectivity index (χ3n) is 3.30. The van der Waals surface area contributed by atoms with E-state index >= 15 is 0 Å². The van der Waals surface area contributed by atoms with Crippen molar-refractivity contribution in [3.63, 3.8) is 0 Å². The molecule has 0 radical (unpaired) electrons. The molecule has 1 aromatic rings. The van der Waals surface area contributed by atoms with Crippen LogP contribution in [-0.2, 0) is 14.8 Å². The van der Waals surface area contributed by atoms with Gasteiger partial charge in [0.1, 0.15) is 5.75 Å². The van der Waals surface area contributed by atoms with E-state index in [0.29, 0.717) is 31.8 Å². The molecule has 8 heteroatoms. The summed E-state index contributed by atoms with van der Waals surface area (Å²) >= 11 is 1.42. The Labute approximate surface area is 135 Å². The lowest BCUT2D eigenvalue weighted by atomic mass is 10.3. The van der Waals surface area contributed by atoms with Crippen LogP contribution in [0.5, 0.6) is 5.75 Å². The van der Waals surface area contributed by atoms with Crippen molar-refractivity contribution in [3.8, 4) is 5.75 Å². The highest BCUT2D eigenvalue weighted by molar-refractivity contribution is 8.00. The van der Waals surface area contributed by atoms with Gasteiger partial charge in [-0.25, -0.2) is 12.7 Å². The van der Waals surface area contributed by atoms with Crippen molar-refractivity contribution < 1.29 is 17.9 Å². The summed E-state index contributed by atoms with van der Waals surface area (Å²) in [6, 6.07) is 7.50. The number of rotatable bonds is 7. The van der Waals surface area contributed by atoms with Gasteiger partial charge in [-0.1, -0.05) is 6.07 Å². The van der Waals surface area contributed by atoms with Crippen LogP contribution in [0.1, 0.15) is 6.42 Å². The highest BCUT2D eigenvalue weighted by Gasteiger charge is 2.27. The van der Waals surface area contributed by atoms with Gasteiger partial charge >= 0.3 is 0 Å². The first-order valence-corrected chi connectivity index (χ1v) is 9.62. The lowest BCUT2D eigenvalue weighted by Crippen LogP contribution is -2.36. The van der Waals surface area contributed by atoms with Gasteiger partial charge in [0.15, 0.2) is 0 Å². The summed E-state index contributed by atoms with van der Waals surface area (Å²) in [6.07, 6.45) is 0.669. The molecular weight excluding hydrogens is 324 g/mol. The molecule has 0 atom stereocenters. The summed E-state index contributed by atoms with van der Waals surface area (Å²) in [6.45, 7) is 1.24. The van der Waals surface area contributed by atoms with Crippen molar-refractivity contribution >= 4 is 27.7 Å². The maximum Gasteiger partial charge on any atom is 0.230 e. The normalized spacial score (nSPS) is 17.3. The van der Waals surface area contributed by atoms with Crippen molar-refractivity contribution in [3.05, 3.63) is 24.3 Å². The molecule has 0 aliphatic carbocycles. The van der Waals surface area contributed by atoms with Crippen LogP contribution in [0.3, 0.4) is 0 Å². The molecular formula is C14H20N2O4S2. The predicted molar refractivity (Wildman–Crippen MR) is 86.7 cm³/mol. The molecule has 0 unspecified atom stereocenters. The molecule has 1 aliphatic heterocycles. The Morgan fingerprint density at radius 1 is 1.45 bits per heavy atom. The topological polar surface area (TPSA) is 75.7 Å². The number of nitrogens with one attached hydrogen (secondary N) is 1. The summed E-state index contributed by atoms with van der Waals surface area (Å²) in [5, 5.41) is 2.75. The maximum atomic E-state index is 11.8. The molecule has 1 fully saturated rings. The molecule has 0 bridgehead atoms. The monoisotopic (exact) mass is 344 g/mol. The molecule has 1 N–H and O–H groups in total. The van der Waals surface area contributed by atoms with E-state index in [1.165, 1.54) is 16.1 Å². The van der Waals surface area contributed by atoms with Crippen molar-refractivity contribution in [1.82, 2.24) is 9.62 Å². The molecule has 1 saturated heterocycles. The van der Waals surface area contributed by atoms with E-state index in [1.54, 1.807) is 7.11 Å². The number of nitrogens with zero attached hydrogens (tertiary/aromatic N) is 1. The second kappa shape index (κ2) is 7.85. The van der Waals surface area contributed by atoms with Crippen LogP contribution in [0.15, 0.2) is 29.2 Å². The number of hydrogen-bond acceptors (Lipinski definition) is 5. The van der Waals surface area contributed by atoms with Crippen LogP contribution in [0, 0.1) is 0 Å². The van der Waals surface area contributed by atoms with Crippen molar-refractivity contribution in [2.45, 2.75) is 11.3 Å². The zero-order valence-electron chi connectivity index (χ0n) is 12.4. The number of sulfonamides is 1. The minimum absolute atomic E-state index is 0.107. The highest BCUT2D eigenvalue weighted by atomic mass is 32.2. The van der Waals surface area contributed by atoms with Crippen molar-refractivity contribution in [1.29, 1.82) is 0 Å². The third kappa shape index (κ3) is 4.89. The average molecular weight is 344 g/mol. The van der Waals surface area contributed by atoms with Gasteiger partial charge in [-0.05, 0) is 24.6 Å². The van der Waals surface area contributed by atoms with Gasteiger partial charge in [0, 0.05) is 24.5 Å². The fourth-order valence-electron chi connectivity index (χ4n) is 2.15. The maximum absolute atomic E-state index is 11.8. The molecule has 0 spiro atoms. The molecule has 1 aromatic carbocycles. The van der Waals surface area contributed by atoms with E-state index in [1.807, 2.05) is 24.3 Å². The van der Waals surface area contributed by atoms with Crippen molar-refractivity contribution in [2.75, 3.05) is 38.2 Å². The second-order valence-corrected chi connectivity index (χ2v) is 8.02. The lowest BCUT2D eigenvalue weighted by molar-refractivity contribution is -0.118. The number of carbonyl (C=O) groups excluding carboxylic acids is 1. The summed E-state index contributed by atoms with van der Waals surface area (Å²) in [4.78, 5) is 12.7. The van der Waals surface area contributed by atoms with Gasteiger partial charge in [0.25, 0.3) is 0 Å². The zero-order chi connectivity index (χ0) is 16.0. The fourth-order valence-corrected chi connectivity index (χ4v) is 4.46. The highest BCUT2D eigenvalue weighted by Crippen LogP contribution is 2.22. The Kier molecular flexibility index (Phi) is 6.10. The van der Waals surface area contributed by atoms with Gasteiger partial charge in [0.05, 0.1) is 18.6 Å². The Morgan fingerprint density at radius 2 is 2.27 bits per heavy atom. The smallest absolute Gasteiger partial charge is 0.230 e. The summed E-state index contributed by atoms with van der Waals surface area (Å²) in [5.74, 6) is 1.15. The Bertz CT molecular complexity index is 619. The zero-order valence-corrected chi connectivity index (χ0v) is 14.1. The average Bonchev–Trinajstić information content (AvgIpc) is 2.84. The summed E-state index contributed by atoms with van der Waals surface area (Å²) in [7, 11) is -1.48. The first-order chi connectivity index (χ1) is 10.5. The van der Waals surface area contributed by atoms with Crippen LogP contribution < -0.4 is 10.1 Å². The number of benzene rings is 1. The van der Waals surface area contributed by atoms with E-state index in [2.05, 4.69) is 5.32 Å².